The molecule has 1 amide bonds. The van der Waals surface area contributed by atoms with Gasteiger partial charge in [-0.15, -0.1) is 0 Å². The molecule has 0 spiro atoms. The van der Waals surface area contributed by atoms with E-state index in [-0.39, 0.29) is 11.8 Å². The SMILES string of the molecule is Cc1cc(CCNC(=O)CC(c2ccccc2)c2ccccc2)on1. The van der Waals surface area contributed by atoms with Crippen molar-refractivity contribution in [3.63, 3.8) is 0 Å². The first-order valence-electron chi connectivity index (χ1n) is 8.51. The summed E-state index contributed by atoms with van der Waals surface area (Å²) in [7, 11) is 0. The van der Waals surface area contributed by atoms with Crippen molar-refractivity contribution in [2.75, 3.05) is 6.54 Å². The Morgan fingerprint density at radius 2 is 1.64 bits per heavy atom. The number of nitrogens with zero attached hydrogens (tertiary/aromatic N) is 1. The van der Waals surface area contributed by atoms with Crippen LogP contribution in [0.4, 0.5) is 0 Å². The zero-order valence-electron chi connectivity index (χ0n) is 14.3. The van der Waals surface area contributed by atoms with Gasteiger partial charge < -0.3 is 9.84 Å². The Balaban J connectivity index is 1.62. The monoisotopic (exact) mass is 334 g/mol. The molecule has 0 aliphatic carbocycles. The van der Waals surface area contributed by atoms with E-state index in [1.54, 1.807) is 0 Å². The van der Waals surface area contributed by atoms with Crippen molar-refractivity contribution < 1.29 is 9.32 Å². The Bertz CT molecular complexity index is 758. The fraction of sp³-hybridized carbons (Fsp3) is 0.238. The van der Waals surface area contributed by atoms with Gasteiger partial charge in [-0.05, 0) is 18.1 Å². The molecule has 0 atom stereocenters. The third-order valence-corrected chi connectivity index (χ3v) is 4.16. The van der Waals surface area contributed by atoms with E-state index in [4.69, 9.17) is 4.52 Å². The van der Waals surface area contributed by atoms with Crippen LogP contribution < -0.4 is 5.32 Å². The summed E-state index contributed by atoms with van der Waals surface area (Å²) >= 11 is 0. The summed E-state index contributed by atoms with van der Waals surface area (Å²) in [6.45, 7) is 2.43. The first-order chi connectivity index (χ1) is 12.2. The molecule has 0 bridgehead atoms. The Labute approximate surface area is 147 Å². The van der Waals surface area contributed by atoms with E-state index < -0.39 is 0 Å². The van der Waals surface area contributed by atoms with Crippen LogP contribution in [0.15, 0.2) is 71.3 Å². The summed E-state index contributed by atoms with van der Waals surface area (Å²) in [5, 5.41) is 6.84. The van der Waals surface area contributed by atoms with Crippen molar-refractivity contribution in [1.82, 2.24) is 10.5 Å². The molecule has 0 saturated heterocycles. The van der Waals surface area contributed by atoms with Gasteiger partial charge in [0.1, 0.15) is 5.76 Å². The maximum Gasteiger partial charge on any atom is 0.220 e. The van der Waals surface area contributed by atoms with Crippen LogP contribution in [0.3, 0.4) is 0 Å². The summed E-state index contributed by atoms with van der Waals surface area (Å²) in [4.78, 5) is 12.4. The molecule has 4 heteroatoms. The molecule has 0 fully saturated rings. The zero-order chi connectivity index (χ0) is 17.5. The molecular formula is C21H22N2O2. The number of rotatable bonds is 7. The number of carbonyl (C=O) groups excluding carboxylic acids is 1. The second-order valence-corrected chi connectivity index (χ2v) is 6.11. The van der Waals surface area contributed by atoms with Crippen LogP contribution in [0.1, 0.15) is 34.9 Å². The minimum atomic E-state index is 0.0361. The molecule has 1 heterocycles. The van der Waals surface area contributed by atoms with Crippen molar-refractivity contribution in [2.45, 2.75) is 25.7 Å². The van der Waals surface area contributed by atoms with E-state index in [0.717, 1.165) is 22.6 Å². The van der Waals surface area contributed by atoms with Gasteiger partial charge in [-0.25, -0.2) is 0 Å². The van der Waals surface area contributed by atoms with E-state index in [9.17, 15) is 4.79 Å². The van der Waals surface area contributed by atoms with Crippen molar-refractivity contribution in [1.29, 1.82) is 0 Å². The predicted octanol–water partition coefficient (Wildman–Crippen LogP) is 3.86. The molecule has 3 rings (SSSR count). The first kappa shape index (κ1) is 17.0. The van der Waals surface area contributed by atoms with Crippen LogP contribution in [-0.2, 0) is 11.2 Å². The number of benzene rings is 2. The summed E-state index contributed by atoms with van der Waals surface area (Å²) < 4.78 is 5.16. The number of carbonyl (C=O) groups is 1. The fourth-order valence-electron chi connectivity index (χ4n) is 2.92. The minimum Gasteiger partial charge on any atom is -0.361 e. The van der Waals surface area contributed by atoms with Crippen molar-refractivity contribution >= 4 is 5.91 Å². The molecule has 0 unspecified atom stereocenters. The van der Waals surface area contributed by atoms with E-state index in [0.29, 0.717) is 19.4 Å². The Kier molecular flexibility index (Phi) is 5.62. The van der Waals surface area contributed by atoms with Crippen LogP contribution in [-0.4, -0.2) is 17.6 Å². The lowest BCUT2D eigenvalue weighted by atomic mass is 9.88. The van der Waals surface area contributed by atoms with Gasteiger partial charge in [-0.1, -0.05) is 65.8 Å². The van der Waals surface area contributed by atoms with Crippen LogP contribution >= 0.6 is 0 Å². The van der Waals surface area contributed by atoms with Crippen molar-refractivity contribution in [3.05, 3.63) is 89.3 Å². The molecule has 1 aromatic heterocycles. The molecule has 3 aromatic rings. The average molecular weight is 334 g/mol. The van der Waals surface area contributed by atoms with Gasteiger partial charge in [0.2, 0.25) is 5.91 Å². The molecule has 0 radical (unpaired) electrons. The Hall–Kier alpha value is -2.88. The van der Waals surface area contributed by atoms with Gasteiger partial charge in [-0.3, -0.25) is 4.79 Å². The summed E-state index contributed by atoms with van der Waals surface area (Å²) in [6, 6.07) is 22.2. The van der Waals surface area contributed by atoms with Crippen LogP contribution in [0, 0.1) is 6.92 Å². The van der Waals surface area contributed by atoms with Crippen LogP contribution in [0.25, 0.3) is 0 Å². The van der Waals surface area contributed by atoms with E-state index in [2.05, 4.69) is 34.7 Å². The van der Waals surface area contributed by atoms with E-state index >= 15 is 0 Å². The van der Waals surface area contributed by atoms with Gasteiger partial charge in [0, 0.05) is 31.4 Å². The highest BCUT2D eigenvalue weighted by Gasteiger charge is 2.17. The number of aryl methyl sites for hydroxylation is 1. The molecule has 0 saturated carbocycles. The van der Waals surface area contributed by atoms with Crippen LogP contribution in [0.2, 0.25) is 0 Å². The molecular weight excluding hydrogens is 312 g/mol. The second kappa shape index (κ2) is 8.29. The molecule has 25 heavy (non-hydrogen) atoms. The quantitative estimate of drug-likeness (QED) is 0.714. The van der Waals surface area contributed by atoms with Gasteiger partial charge >= 0.3 is 0 Å². The highest BCUT2D eigenvalue weighted by Crippen LogP contribution is 2.27. The second-order valence-electron chi connectivity index (χ2n) is 6.11. The average Bonchev–Trinajstić information content (AvgIpc) is 3.06. The smallest absolute Gasteiger partial charge is 0.220 e. The molecule has 0 aliphatic rings. The minimum absolute atomic E-state index is 0.0361. The number of hydrogen-bond donors (Lipinski definition) is 1. The summed E-state index contributed by atoms with van der Waals surface area (Å²) in [5.41, 5.74) is 3.15. The lowest BCUT2D eigenvalue weighted by Gasteiger charge is -2.17. The molecule has 2 aromatic carbocycles. The number of aromatic nitrogens is 1. The fourth-order valence-corrected chi connectivity index (χ4v) is 2.92. The highest BCUT2D eigenvalue weighted by molar-refractivity contribution is 5.77. The van der Waals surface area contributed by atoms with Gasteiger partial charge in [0.05, 0.1) is 5.69 Å². The lowest BCUT2D eigenvalue weighted by molar-refractivity contribution is -0.121. The Morgan fingerprint density at radius 3 is 2.16 bits per heavy atom. The third-order valence-electron chi connectivity index (χ3n) is 4.16. The first-order valence-corrected chi connectivity index (χ1v) is 8.51. The topological polar surface area (TPSA) is 55.1 Å². The third kappa shape index (κ3) is 4.80. The molecule has 0 aliphatic heterocycles. The standard InChI is InChI=1S/C21H22N2O2/c1-16-14-19(25-23-16)12-13-22-21(24)15-20(17-8-4-2-5-9-17)18-10-6-3-7-11-18/h2-11,14,20H,12-13,15H2,1H3,(H,22,24). The largest absolute Gasteiger partial charge is 0.361 e. The molecule has 4 nitrogen and oxygen atoms in total. The van der Waals surface area contributed by atoms with Gasteiger partial charge in [-0.2, -0.15) is 0 Å². The van der Waals surface area contributed by atoms with E-state index in [1.807, 2.05) is 49.4 Å². The number of nitrogens with one attached hydrogen (secondary N) is 1. The predicted molar refractivity (Wildman–Crippen MR) is 97.3 cm³/mol. The maximum atomic E-state index is 12.4. The molecule has 1 N–H and O–H groups in total. The lowest BCUT2D eigenvalue weighted by Crippen LogP contribution is -2.27. The van der Waals surface area contributed by atoms with E-state index in [1.165, 1.54) is 0 Å². The van der Waals surface area contributed by atoms with Crippen LogP contribution in [0.5, 0.6) is 0 Å². The summed E-state index contributed by atoms with van der Waals surface area (Å²) in [5.74, 6) is 0.879. The number of hydrogen-bond acceptors (Lipinski definition) is 3. The molecule has 128 valence electrons. The number of amides is 1. The van der Waals surface area contributed by atoms with Gasteiger partial charge in [0.25, 0.3) is 0 Å². The zero-order valence-corrected chi connectivity index (χ0v) is 14.3. The maximum absolute atomic E-state index is 12.4. The highest BCUT2D eigenvalue weighted by atomic mass is 16.5. The van der Waals surface area contributed by atoms with Crippen molar-refractivity contribution in [3.8, 4) is 0 Å². The van der Waals surface area contributed by atoms with Crippen molar-refractivity contribution in [2.24, 2.45) is 0 Å². The van der Waals surface area contributed by atoms with Gasteiger partial charge in [0.15, 0.2) is 0 Å². The summed E-state index contributed by atoms with van der Waals surface area (Å²) in [6.07, 6.45) is 1.07. The Morgan fingerprint density at radius 1 is 1.04 bits per heavy atom. The normalized spacial score (nSPS) is 10.8.